The number of imidazole rings is 1. The highest BCUT2D eigenvalue weighted by atomic mass is 19.2. The van der Waals surface area contributed by atoms with Crippen LogP contribution in [0.2, 0.25) is 0 Å². The van der Waals surface area contributed by atoms with E-state index in [1.807, 2.05) is 12.2 Å². The van der Waals surface area contributed by atoms with Crippen LogP contribution in [0.4, 0.5) is 8.78 Å². The Labute approximate surface area is 121 Å². The van der Waals surface area contributed by atoms with Crippen LogP contribution in [-0.2, 0) is 6.54 Å². The quantitative estimate of drug-likeness (QED) is 0.851. The Morgan fingerprint density at radius 3 is 3.00 bits per heavy atom. The summed E-state index contributed by atoms with van der Waals surface area (Å²) in [5, 5.41) is 13.1. The molecule has 1 saturated heterocycles. The Balaban J connectivity index is 1.74. The summed E-state index contributed by atoms with van der Waals surface area (Å²) in [6.07, 6.45) is 6.76. The number of halogens is 2. The van der Waals surface area contributed by atoms with E-state index < -0.39 is 11.6 Å². The fourth-order valence-electron chi connectivity index (χ4n) is 2.61. The Morgan fingerprint density at radius 1 is 1.38 bits per heavy atom. The van der Waals surface area contributed by atoms with Crippen LogP contribution in [0.25, 0.3) is 11.0 Å². The van der Waals surface area contributed by atoms with Gasteiger partial charge in [0.1, 0.15) is 0 Å². The summed E-state index contributed by atoms with van der Waals surface area (Å²) in [4.78, 5) is 4.06. The minimum absolute atomic E-state index is 0.0530. The van der Waals surface area contributed by atoms with Gasteiger partial charge in [0, 0.05) is 18.7 Å². The van der Waals surface area contributed by atoms with Gasteiger partial charge in [0.15, 0.2) is 11.6 Å². The van der Waals surface area contributed by atoms with Crippen molar-refractivity contribution in [2.45, 2.75) is 31.5 Å². The summed E-state index contributed by atoms with van der Waals surface area (Å²) in [5.41, 5.74) is 0.980. The summed E-state index contributed by atoms with van der Waals surface area (Å²) in [7, 11) is 0. The smallest absolute Gasteiger partial charge is 0.161 e. The first kappa shape index (κ1) is 14.2. The molecular formula is C15H17F2N3O. The molecule has 2 aromatic rings. The monoisotopic (exact) mass is 293 g/mol. The first-order chi connectivity index (χ1) is 10.1. The number of hydrogen-bond acceptors (Lipinski definition) is 3. The molecule has 1 aliphatic rings. The highest BCUT2D eigenvalue weighted by molar-refractivity contribution is 5.75. The molecule has 0 aliphatic carbocycles. The standard InChI is InChI=1S/C15H17F2N3O/c16-10-7-13-14(8-11(10)17)20(9-19-13)6-2-3-12-15(21)4-1-5-18-12/h2-3,7-9,12,15,18,21H,1,4-6H2/b3-2+. The predicted molar refractivity (Wildman–Crippen MR) is 75.8 cm³/mol. The number of aliphatic hydroxyl groups is 1. The molecule has 2 unspecified atom stereocenters. The number of piperidine rings is 1. The molecule has 2 atom stereocenters. The van der Waals surface area contributed by atoms with Gasteiger partial charge in [-0.1, -0.05) is 12.2 Å². The van der Waals surface area contributed by atoms with E-state index in [-0.39, 0.29) is 12.1 Å². The van der Waals surface area contributed by atoms with Crippen molar-refractivity contribution in [2.24, 2.45) is 0 Å². The van der Waals surface area contributed by atoms with Gasteiger partial charge in [0.25, 0.3) is 0 Å². The van der Waals surface area contributed by atoms with Crippen LogP contribution in [0.15, 0.2) is 30.6 Å². The molecule has 0 radical (unpaired) electrons. The van der Waals surface area contributed by atoms with Crippen LogP contribution < -0.4 is 5.32 Å². The third-order valence-electron chi connectivity index (χ3n) is 3.78. The number of nitrogens with one attached hydrogen (secondary N) is 1. The number of hydrogen-bond donors (Lipinski definition) is 2. The van der Waals surface area contributed by atoms with Gasteiger partial charge in [0.05, 0.1) is 29.5 Å². The van der Waals surface area contributed by atoms with E-state index in [1.54, 1.807) is 10.9 Å². The average Bonchev–Trinajstić information content (AvgIpc) is 2.84. The Morgan fingerprint density at radius 2 is 2.19 bits per heavy atom. The lowest BCUT2D eigenvalue weighted by molar-refractivity contribution is 0.115. The number of aliphatic hydroxyl groups excluding tert-OH is 1. The van der Waals surface area contributed by atoms with Crippen molar-refractivity contribution in [2.75, 3.05) is 6.54 Å². The van der Waals surface area contributed by atoms with Crippen LogP contribution in [0, 0.1) is 11.6 Å². The zero-order valence-corrected chi connectivity index (χ0v) is 11.5. The van der Waals surface area contributed by atoms with Gasteiger partial charge in [-0.3, -0.25) is 0 Å². The van der Waals surface area contributed by atoms with E-state index >= 15 is 0 Å². The fraction of sp³-hybridized carbons (Fsp3) is 0.400. The van der Waals surface area contributed by atoms with Gasteiger partial charge >= 0.3 is 0 Å². The lowest BCUT2D eigenvalue weighted by atomic mass is 10.0. The maximum absolute atomic E-state index is 13.3. The molecule has 0 amide bonds. The number of aromatic nitrogens is 2. The van der Waals surface area contributed by atoms with Crippen LogP contribution in [-0.4, -0.2) is 33.3 Å². The SMILES string of the molecule is OC1CCCNC1/C=C/Cn1cnc2cc(F)c(F)cc21. The van der Waals surface area contributed by atoms with Crippen LogP contribution in [0.3, 0.4) is 0 Å². The van der Waals surface area contributed by atoms with Crippen molar-refractivity contribution in [3.05, 3.63) is 42.2 Å². The molecule has 1 aromatic carbocycles. The molecule has 21 heavy (non-hydrogen) atoms. The highest BCUT2D eigenvalue weighted by Crippen LogP contribution is 2.17. The predicted octanol–water partition coefficient (Wildman–Crippen LogP) is 1.98. The maximum Gasteiger partial charge on any atom is 0.161 e. The van der Waals surface area contributed by atoms with Gasteiger partial charge in [-0.25, -0.2) is 13.8 Å². The van der Waals surface area contributed by atoms with E-state index in [4.69, 9.17) is 0 Å². The summed E-state index contributed by atoms with van der Waals surface area (Å²) in [5.74, 6) is -1.77. The van der Waals surface area contributed by atoms with E-state index in [1.165, 1.54) is 0 Å². The minimum Gasteiger partial charge on any atom is -0.391 e. The summed E-state index contributed by atoms with van der Waals surface area (Å²) in [6.45, 7) is 1.39. The molecular weight excluding hydrogens is 276 g/mol. The lowest BCUT2D eigenvalue weighted by Gasteiger charge is -2.26. The van der Waals surface area contributed by atoms with E-state index in [9.17, 15) is 13.9 Å². The number of allylic oxidation sites excluding steroid dienone is 1. The minimum atomic E-state index is -0.891. The van der Waals surface area contributed by atoms with Crippen LogP contribution >= 0.6 is 0 Å². The number of benzene rings is 1. The van der Waals surface area contributed by atoms with Gasteiger partial charge in [-0.05, 0) is 19.4 Å². The zero-order chi connectivity index (χ0) is 14.8. The second kappa shape index (κ2) is 5.91. The number of rotatable bonds is 3. The van der Waals surface area contributed by atoms with Crippen molar-refractivity contribution >= 4 is 11.0 Å². The fourth-order valence-corrected chi connectivity index (χ4v) is 2.61. The van der Waals surface area contributed by atoms with Crippen molar-refractivity contribution in [3.8, 4) is 0 Å². The van der Waals surface area contributed by atoms with Gasteiger partial charge in [0.2, 0.25) is 0 Å². The molecule has 2 N–H and O–H groups in total. The normalized spacial score (nSPS) is 23.2. The van der Waals surface area contributed by atoms with E-state index in [0.717, 1.165) is 31.5 Å². The van der Waals surface area contributed by atoms with Crippen molar-refractivity contribution < 1.29 is 13.9 Å². The van der Waals surface area contributed by atoms with E-state index in [0.29, 0.717) is 17.6 Å². The number of fused-ring (bicyclic) bond motifs is 1. The first-order valence-corrected chi connectivity index (χ1v) is 7.03. The Kier molecular flexibility index (Phi) is 3.98. The molecule has 2 heterocycles. The van der Waals surface area contributed by atoms with Gasteiger partial charge in [-0.15, -0.1) is 0 Å². The topological polar surface area (TPSA) is 50.1 Å². The summed E-state index contributed by atoms with van der Waals surface area (Å²) < 4.78 is 28.2. The zero-order valence-electron chi connectivity index (χ0n) is 11.5. The van der Waals surface area contributed by atoms with Gasteiger partial charge < -0.3 is 15.0 Å². The van der Waals surface area contributed by atoms with Crippen LogP contribution in [0.1, 0.15) is 12.8 Å². The Bertz CT molecular complexity index is 668. The van der Waals surface area contributed by atoms with Gasteiger partial charge in [-0.2, -0.15) is 0 Å². The second-order valence-corrected chi connectivity index (χ2v) is 5.27. The molecule has 0 saturated carbocycles. The molecule has 0 spiro atoms. The molecule has 1 fully saturated rings. The summed E-state index contributed by atoms with van der Waals surface area (Å²) >= 11 is 0. The molecule has 1 aliphatic heterocycles. The van der Waals surface area contributed by atoms with Crippen molar-refractivity contribution in [1.29, 1.82) is 0 Å². The lowest BCUT2D eigenvalue weighted by Crippen LogP contribution is -2.43. The molecule has 112 valence electrons. The third-order valence-corrected chi connectivity index (χ3v) is 3.78. The van der Waals surface area contributed by atoms with E-state index in [2.05, 4.69) is 10.3 Å². The largest absolute Gasteiger partial charge is 0.391 e. The van der Waals surface area contributed by atoms with Crippen molar-refractivity contribution in [3.63, 3.8) is 0 Å². The molecule has 3 rings (SSSR count). The molecule has 4 nitrogen and oxygen atoms in total. The molecule has 1 aromatic heterocycles. The average molecular weight is 293 g/mol. The Hall–Kier alpha value is -1.79. The summed E-state index contributed by atoms with van der Waals surface area (Å²) in [6, 6.07) is 2.19. The van der Waals surface area contributed by atoms with Crippen LogP contribution in [0.5, 0.6) is 0 Å². The second-order valence-electron chi connectivity index (χ2n) is 5.27. The first-order valence-electron chi connectivity index (χ1n) is 7.03. The number of nitrogens with zero attached hydrogens (tertiary/aromatic N) is 2. The maximum atomic E-state index is 13.3. The molecule has 6 heteroatoms. The van der Waals surface area contributed by atoms with Crippen molar-refractivity contribution in [1.82, 2.24) is 14.9 Å². The third kappa shape index (κ3) is 2.96. The highest BCUT2D eigenvalue weighted by Gasteiger charge is 2.19. The molecule has 0 bridgehead atoms.